The fraction of sp³-hybridized carbons (Fsp3) is 0.562. The van der Waals surface area contributed by atoms with Gasteiger partial charge in [-0.2, -0.15) is 0 Å². The maximum Gasteiger partial charge on any atom is 0.223 e. The molecule has 0 saturated carbocycles. The fourth-order valence-corrected chi connectivity index (χ4v) is 1.76. The van der Waals surface area contributed by atoms with Crippen LogP contribution in [0.15, 0.2) is 37.0 Å². The first kappa shape index (κ1) is 17.6. The van der Waals surface area contributed by atoms with Gasteiger partial charge in [0.15, 0.2) is 0 Å². The molecule has 0 atom stereocenters. The van der Waals surface area contributed by atoms with E-state index in [0.29, 0.717) is 0 Å². The van der Waals surface area contributed by atoms with Crippen molar-refractivity contribution in [2.75, 3.05) is 19.6 Å². The van der Waals surface area contributed by atoms with Crippen molar-refractivity contribution in [3.8, 4) is 0 Å². The van der Waals surface area contributed by atoms with Gasteiger partial charge in [0.05, 0.1) is 0 Å². The van der Waals surface area contributed by atoms with Gasteiger partial charge in [0.2, 0.25) is 5.91 Å². The van der Waals surface area contributed by atoms with Crippen LogP contribution in [0.5, 0.6) is 0 Å². The van der Waals surface area contributed by atoms with E-state index in [4.69, 9.17) is 0 Å². The van der Waals surface area contributed by atoms with Gasteiger partial charge in [-0.25, -0.2) is 0 Å². The second-order valence-corrected chi connectivity index (χ2v) is 4.67. The molecule has 1 heterocycles. The number of rotatable bonds is 5. The molecule has 0 spiro atoms. The lowest BCUT2D eigenvalue weighted by molar-refractivity contribution is -0.125. The molecule has 0 radical (unpaired) electrons. The van der Waals surface area contributed by atoms with Crippen molar-refractivity contribution < 1.29 is 4.79 Å². The molecule has 1 aliphatic rings. The summed E-state index contributed by atoms with van der Waals surface area (Å²) in [4.78, 5) is 11.7. The van der Waals surface area contributed by atoms with E-state index in [-0.39, 0.29) is 11.8 Å². The summed E-state index contributed by atoms with van der Waals surface area (Å²) in [5.74, 6) is 0.470. The van der Waals surface area contributed by atoms with E-state index in [9.17, 15) is 4.79 Å². The highest BCUT2D eigenvalue weighted by molar-refractivity contribution is 5.78. The number of allylic oxidation sites excluding steroid dienone is 3. The Hall–Kier alpha value is -1.35. The zero-order valence-electron chi connectivity index (χ0n) is 12.4. The Morgan fingerprint density at radius 3 is 2.37 bits per heavy atom. The largest absolute Gasteiger partial charge is 0.356 e. The minimum Gasteiger partial charge on any atom is -0.356 e. The molecule has 1 amide bonds. The van der Waals surface area contributed by atoms with Crippen LogP contribution in [0.1, 0.15) is 33.1 Å². The molecule has 1 aliphatic heterocycles. The van der Waals surface area contributed by atoms with Crippen LogP contribution in [0.4, 0.5) is 0 Å². The molecule has 1 fully saturated rings. The normalized spacial score (nSPS) is 16.0. The first-order valence-electron chi connectivity index (χ1n) is 6.99. The first-order valence-corrected chi connectivity index (χ1v) is 6.99. The summed E-state index contributed by atoms with van der Waals surface area (Å²) in [6.07, 6.45) is 8.30. The predicted octanol–water partition coefficient (Wildman–Crippen LogP) is 2.82. The molecule has 2 N–H and O–H groups in total. The van der Waals surface area contributed by atoms with Crippen molar-refractivity contribution in [1.82, 2.24) is 10.6 Å². The first-order chi connectivity index (χ1) is 9.15. The second kappa shape index (κ2) is 11.7. The highest BCUT2D eigenvalue weighted by Crippen LogP contribution is 2.11. The number of amides is 1. The summed E-state index contributed by atoms with van der Waals surface area (Å²) in [5.41, 5.74) is 1.33. The van der Waals surface area contributed by atoms with Gasteiger partial charge in [-0.1, -0.05) is 37.0 Å². The lowest BCUT2D eigenvalue weighted by Gasteiger charge is -2.21. The van der Waals surface area contributed by atoms with Crippen molar-refractivity contribution in [1.29, 1.82) is 0 Å². The van der Waals surface area contributed by atoms with Gasteiger partial charge >= 0.3 is 0 Å². The lowest BCUT2D eigenvalue weighted by Crippen LogP contribution is -2.38. The van der Waals surface area contributed by atoms with E-state index in [2.05, 4.69) is 36.8 Å². The van der Waals surface area contributed by atoms with Crippen molar-refractivity contribution in [2.45, 2.75) is 33.1 Å². The highest BCUT2D eigenvalue weighted by atomic mass is 16.1. The van der Waals surface area contributed by atoms with Gasteiger partial charge in [0.25, 0.3) is 0 Å². The van der Waals surface area contributed by atoms with Crippen molar-refractivity contribution >= 4 is 5.91 Å². The smallest absolute Gasteiger partial charge is 0.223 e. The third-order valence-corrected chi connectivity index (χ3v) is 3.19. The Morgan fingerprint density at radius 1 is 1.32 bits per heavy atom. The summed E-state index contributed by atoms with van der Waals surface area (Å²) < 4.78 is 0. The van der Waals surface area contributed by atoms with Gasteiger partial charge in [0, 0.05) is 12.5 Å². The Balaban J connectivity index is 0.000000711. The number of carbonyl (C=O) groups is 1. The van der Waals surface area contributed by atoms with E-state index >= 15 is 0 Å². The van der Waals surface area contributed by atoms with E-state index in [1.165, 1.54) is 5.57 Å². The summed E-state index contributed by atoms with van der Waals surface area (Å²) in [6, 6.07) is 0. The zero-order chi connectivity index (χ0) is 14.5. The third kappa shape index (κ3) is 9.25. The molecule has 0 aromatic heterocycles. The average Bonchev–Trinajstić information content (AvgIpc) is 2.48. The molecule has 3 heteroatoms. The molecule has 108 valence electrons. The minimum atomic E-state index is 0.233. The summed E-state index contributed by atoms with van der Waals surface area (Å²) >= 11 is 0. The SMILES string of the molecule is C/C=C(\C)CCNC(=O)C1CCNCC1.C=CC=C. The summed E-state index contributed by atoms with van der Waals surface area (Å²) in [6.45, 7) is 13.6. The Bertz CT molecular complexity index is 296. The molecule has 1 rings (SSSR count). The maximum absolute atomic E-state index is 11.7. The van der Waals surface area contributed by atoms with Crippen molar-refractivity contribution in [3.63, 3.8) is 0 Å². The Morgan fingerprint density at radius 2 is 1.89 bits per heavy atom. The van der Waals surface area contributed by atoms with Crippen LogP contribution in [0.25, 0.3) is 0 Å². The standard InChI is InChI=1S/C12H22N2O.C4H6/c1-3-10(2)4-9-14-12(15)11-5-7-13-8-6-11;1-3-4-2/h3,11,13H,4-9H2,1-2H3,(H,14,15);3-4H,1-2H2/b10-3+;. The minimum absolute atomic E-state index is 0.233. The van der Waals surface area contributed by atoms with Crippen LogP contribution < -0.4 is 10.6 Å². The second-order valence-electron chi connectivity index (χ2n) is 4.67. The van der Waals surface area contributed by atoms with Crippen LogP contribution in [0, 0.1) is 5.92 Å². The molecule has 19 heavy (non-hydrogen) atoms. The van der Waals surface area contributed by atoms with E-state index < -0.39 is 0 Å². The lowest BCUT2D eigenvalue weighted by atomic mass is 9.97. The molecule has 3 nitrogen and oxygen atoms in total. The van der Waals surface area contributed by atoms with E-state index in [1.807, 2.05) is 6.92 Å². The number of piperidine rings is 1. The van der Waals surface area contributed by atoms with Crippen LogP contribution in [-0.2, 0) is 4.79 Å². The van der Waals surface area contributed by atoms with Crippen LogP contribution in [0.3, 0.4) is 0 Å². The van der Waals surface area contributed by atoms with Crippen LogP contribution >= 0.6 is 0 Å². The van der Waals surface area contributed by atoms with Gasteiger partial charge < -0.3 is 10.6 Å². The van der Waals surface area contributed by atoms with Crippen LogP contribution in [-0.4, -0.2) is 25.5 Å². The monoisotopic (exact) mass is 264 g/mol. The summed E-state index contributed by atoms with van der Waals surface area (Å²) in [5, 5.41) is 6.27. The number of hydrogen-bond donors (Lipinski definition) is 2. The van der Waals surface area contributed by atoms with Crippen LogP contribution in [0.2, 0.25) is 0 Å². The molecule has 0 unspecified atom stereocenters. The van der Waals surface area contributed by atoms with Gasteiger partial charge in [0.1, 0.15) is 0 Å². The summed E-state index contributed by atoms with van der Waals surface area (Å²) in [7, 11) is 0. The quantitative estimate of drug-likeness (QED) is 0.592. The molecule has 0 bridgehead atoms. The fourth-order valence-electron chi connectivity index (χ4n) is 1.76. The average molecular weight is 264 g/mol. The number of nitrogens with one attached hydrogen (secondary N) is 2. The van der Waals surface area contributed by atoms with E-state index in [1.54, 1.807) is 12.2 Å². The molecular formula is C16H28N2O. The van der Waals surface area contributed by atoms with Gasteiger partial charge in [-0.15, -0.1) is 0 Å². The topological polar surface area (TPSA) is 41.1 Å². The van der Waals surface area contributed by atoms with Crippen molar-refractivity contribution in [2.24, 2.45) is 5.92 Å². The molecule has 1 saturated heterocycles. The maximum atomic E-state index is 11.7. The number of carbonyl (C=O) groups excluding carboxylic acids is 1. The highest BCUT2D eigenvalue weighted by Gasteiger charge is 2.19. The predicted molar refractivity (Wildman–Crippen MR) is 83.0 cm³/mol. The molecular weight excluding hydrogens is 236 g/mol. The van der Waals surface area contributed by atoms with Gasteiger partial charge in [-0.05, 0) is 46.2 Å². The molecule has 0 aliphatic carbocycles. The van der Waals surface area contributed by atoms with Crippen molar-refractivity contribution in [3.05, 3.63) is 37.0 Å². The molecule has 0 aromatic rings. The Kier molecular flexibility index (Phi) is 10.9. The third-order valence-electron chi connectivity index (χ3n) is 3.19. The molecule has 0 aromatic carbocycles. The number of hydrogen-bond acceptors (Lipinski definition) is 2. The van der Waals surface area contributed by atoms with E-state index in [0.717, 1.165) is 38.9 Å². The Labute approximate surface area is 117 Å². The van der Waals surface area contributed by atoms with Gasteiger partial charge in [-0.3, -0.25) is 4.79 Å². The zero-order valence-corrected chi connectivity index (χ0v) is 12.4.